The first-order valence-electron chi connectivity index (χ1n) is 8.31. The van der Waals surface area contributed by atoms with Crippen LogP contribution in [0.4, 0.5) is 0 Å². The summed E-state index contributed by atoms with van der Waals surface area (Å²) in [6, 6.07) is 0. The van der Waals surface area contributed by atoms with Crippen LogP contribution in [0.5, 0.6) is 0 Å². The molecule has 0 aliphatic rings. The smallest absolute Gasteiger partial charge is 0.329 e. The molecule has 0 bridgehead atoms. The summed E-state index contributed by atoms with van der Waals surface area (Å²) in [4.78, 5) is 10.2. The number of carboxylic acid groups (broad SMARTS) is 1. The molecular formula is C20H30O3. The fraction of sp³-hybridized carbons (Fsp3) is 0.450. The van der Waals surface area contributed by atoms with Gasteiger partial charge in [-0.2, -0.15) is 0 Å². The number of carboxylic acids is 1. The van der Waals surface area contributed by atoms with E-state index in [1.165, 1.54) is 0 Å². The van der Waals surface area contributed by atoms with Crippen LogP contribution in [0.1, 0.15) is 45.4 Å². The average molecular weight is 318 g/mol. The molecule has 1 N–H and O–H groups in total. The van der Waals surface area contributed by atoms with Crippen LogP contribution in [-0.2, 0) is 9.53 Å². The van der Waals surface area contributed by atoms with Crippen LogP contribution >= 0.6 is 0 Å². The minimum absolute atomic E-state index is 0.218. The lowest BCUT2D eigenvalue weighted by Gasteiger charge is -1.95. The van der Waals surface area contributed by atoms with E-state index in [0.717, 1.165) is 38.5 Å². The minimum atomic E-state index is -0.922. The van der Waals surface area contributed by atoms with E-state index in [0.29, 0.717) is 6.61 Å². The molecule has 23 heavy (non-hydrogen) atoms. The van der Waals surface area contributed by atoms with Crippen molar-refractivity contribution in [2.45, 2.75) is 45.4 Å². The lowest BCUT2D eigenvalue weighted by Crippen LogP contribution is -2.07. The molecule has 0 saturated heterocycles. The summed E-state index contributed by atoms with van der Waals surface area (Å²) in [7, 11) is 0. The molecule has 0 unspecified atom stereocenters. The zero-order valence-electron chi connectivity index (χ0n) is 14.2. The molecule has 0 fully saturated rings. The molecule has 0 spiro atoms. The van der Waals surface area contributed by atoms with Gasteiger partial charge >= 0.3 is 5.97 Å². The highest BCUT2D eigenvalue weighted by molar-refractivity contribution is 5.67. The van der Waals surface area contributed by atoms with Crippen LogP contribution in [0.15, 0.2) is 60.8 Å². The van der Waals surface area contributed by atoms with E-state index in [1.807, 2.05) is 6.08 Å². The number of hydrogen-bond donors (Lipinski definition) is 1. The SMILES string of the molecule is CC/C=C\C/C=C\C/C=C\C/C=C\C/C=C\CCOCC(=O)O. The molecule has 0 aliphatic carbocycles. The van der Waals surface area contributed by atoms with Crippen LogP contribution < -0.4 is 0 Å². The Morgan fingerprint density at radius 1 is 0.783 bits per heavy atom. The summed E-state index contributed by atoms with van der Waals surface area (Å²) in [5, 5.41) is 8.38. The van der Waals surface area contributed by atoms with E-state index in [4.69, 9.17) is 9.84 Å². The van der Waals surface area contributed by atoms with Gasteiger partial charge < -0.3 is 9.84 Å². The monoisotopic (exact) mass is 318 g/mol. The van der Waals surface area contributed by atoms with Crippen LogP contribution in [-0.4, -0.2) is 24.3 Å². The van der Waals surface area contributed by atoms with Crippen molar-refractivity contribution in [2.75, 3.05) is 13.2 Å². The maximum Gasteiger partial charge on any atom is 0.329 e. The molecule has 0 radical (unpaired) electrons. The number of carbonyl (C=O) groups is 1. The van der Waals surface area contributed by atoms with Gasteiger partial charge in [0, 0.05) is 0 Å². The largest absolute Gasteiger partial charge is 0.480 e. The quantitative estimate of drug-likeness (QED) is 0.352. The third kappa shape index (κ3) is 20.1. The van der Waals surface area contributed by atoms with Crippen LogP contribution in [0.25, 0.3) is 0 Å². The predicted molar refractivity (Wildman–Crippen MR) is 97.5 cm³/mol. The summed E-state index contributed by atoms with van der Waals surface area (Å²) in [6.45, 7) is 2.38. The molecular weight excluding hydrogens is 288 g/mol. The van der Waals surface area contributed by atoms with Gasteiger partial charge in [-0.15, -0.1) is 0 Å². The molecule has 0 aliphatic heterocycles. The third-order valence-corrected chi connectivity index (χ3v) is 2.81. The Labute approximate surface area is 140 Å². The molecule has 0 atom stereocenters. The number of ether oxygens (including phenoxy) is 1. The van der Waals surface area contributed by atoms with Gasteiger partial charge in [0.2, 0.25) is 0 Å². The van der Waals surface area contributed by atoms with Crippen molar-refractivity contribution < 1.29 is 14.6 Å². The normalized spacial score (nSPS) is 12.7. The highest BCUT2D eigenvalue weighted by atomic mass is 16.5. The van der Waals surface area contributed by atoms with Crippen molar-refractivity contribution in [2.24, 2.45) is 0 Å². The lowest BCUT2D eigenvalue weighted by atomic mass is 10.2. The first-order valence-corrected chi connectivity index (χ1v) is 8.31. The maximum atomic E-state index is 10.2. The van der Waals surface area contributed by atoms with Gasteiger partial charge in [-0.1, -0.05) is 67.7 Å². The molecule has 0 rings (SSSR count). The van der Waals surface area contributed by atoms with E-state index in [-0.39, 0.29) is 6.61 Å². The lowest BCUT2D eigenvalue weighted by molar-refractivity contribution is -0.142. The number of rotatable bonds is 14. The van der Waals surface area contributed by atoms with E-state index in [2.05, 4.69) is 61.6 Å². The van der Waals surface area contributed by atoms with Crippen LogP contribution in [0.3, 0.4) is 0 Å². The predicted octanol–water partition coefficient (Wildman–Crippen LogP) is 5.23. The molecule has 0 saturated carbocycles. The fourth-order valence-corrected chi connectivity index (χ4v) is 1.68. The summed E-state index contributed by atoms with van der Waals surface area (Å²) < 4.78 is 4.93. The second-order valence-electron chi connectivity index (χ2n) is 4.94. The van der Waals surface area contributed by atoms with Crippen LogP contribution in [0, 0.1) is 0 Å². The maximum absolute atomic E-state index is 10.2. The molecule has 3 nitrogen and oxygen atoms in total. The van der Waals surface area contributed by atoms with Crippen molar-refractivity contribution in [3.63, 3.8) is 0 Å². The minimum Gasteiger partial charge on any atom is -0.480 e. The van der Waals surface area contributed by atoms with Gasteiger partial charge in [-0.3, -0.25) is 0 Å². The summed E-state index contributed by atoms with van der Waals surface area (Å²) in [5.74, 6) is -0.922. The Hall–Kier alpha value is -1.87. The topological polar surface area (TPSA) is 46.5 Å². The number of allylic oxidation sites excluding steroid dienone is 9. The molecule has 0 aromatic heterocycles. The Morgan fingerprint density at radius 2 is 1.22 bits per heavy atom. The van der Waals surface area contributed by atoms with Gasteiger partial charge in [-0.05, 0) is 38.5 Å². The Kier molecular flexibility index (Phi) is 16.7. The molecule has 0 aromatic carbocycles. The van der Waals surface area contributed by atoms with Gasteiger partial charge in [0.1, 0.15) is 6.61 Å². The Morgan fingerprint density at radius 3 is 1.65 bits per heavy atom. The van der Waals surface area contributed by atoms with Gasteiger partial charge in [0.15, 0.2) is 0 Å². The van der Waals surface area contributed by atoms with Crippen molar-refractivity contribution in [1.82, 2.24) is 0 Å². The Bertz CT molecular complexity index is 415. The zero-order chi connectivity index (χ0) is 17.0. The summed E-state index contributed by atoms with van der Waals surface area (Å²) in [6.07, 6.45) is 27.2. The average Bonchev–Trinajstić information content (AvgIpc) is 2.53. The summed E-state index contributed by atoms with van der Waals surface area (Å²) in [5.41, 5.74) is 0. The van der Waals surface area contributed by atoms with E-state index in [1.54, 1.807) is 0 Å². The summed E-state index contributed by atoms with van der Waals surface area (Å²) >= 11 is 0. The number of hydrogen-bond acceptors (Lipinski definition) is 2. The number of aliphatic carboxylic acids is 1. The van der Waals surface area contributed by atoms with Gasteiger partial charge in [-0.25, -0.2) is 4.79 Å². The second kappa shape index (κ2) is 18.2. The van der Waals surface area contributed by atoms with Crippen molar-refractivity contribution in [3.05, 3.63) is 60.8 Å². The molecule has 128 valence electrons. The fourth-order valence-electron chi connectivity index (χ4n) is 1.68. The highest BCUT2D eigenvalue weighted by Gasteiger charge is 1.93. The van der Waals surface area contributed by atoms with E-state index in [9.17, 15) is 4.79 Å². The van der Waals surface area contributed by atoms with E-state index < -0.39 is 5.97 Å². The first kappa shape index (κ1) is 21.1. The zero-order valence-corrected chi connectivity index (χ0v) is 14.2. The van der Waals surface area contributed by atoms with Crippen molar-refractivity contribution >= 4 is 5.97 Å². The third-order valence-electron chi connectivity index (χ3n) is 2.81. The van der Waals surface area contributed by atoms with E-state index >= 15 is 0 Å². The Balaban J connectivity index is 3.44. The highest BCUT2D eigenvalue weighted by Crippen LogP contribution is 1.96. The van der Waals surface area contributed by atoms with Gasteiger partial charge in [0.25, 0.3) is 0 Å². The molecule has 0 heterocycles. The van der Waals surface area contributed by atoms with Gasteiger partial charge in [0.05, 0.1) is 6.61 Å². The first-order chi connectivity index (χ1) is 11.3. The molecule has 0 amide bonds. The van der Waals surface area contributed by atoms with Crippen LogP contribution in [0.2, 0.25) is 0 Å². The molecule has 0 aromatic rings. The van der Waals surface area contributed by atoms with Crippen molar-refractivity contribution in [3.8, 4) is 0 Å². The standard InChI is InChI=1S/C20H30O3/c1-2-3-4-5-6-7-8-9-10-11-12-13-14-15-16-17-18-23-19-20(21)22/h3-4,6-7,9-10,12-13,15-16H,2,5,8,11,14,17-19H2,1H3,(H,21,22)/b4-3-,7-6-,10-9-,13-12-,16-15-. The van der Waals surface area contributed by atoms with Crippen molar-refractivity contribution in [1.29, 1.82) is 0 Å². The molecule has 3 heteroatoms. The second-order valence-corrected chi connectivity index (χ2v) is 4.94.